The van der Waals surface area contributed by atoms with E-state index in [2.05, 4.69) is 10.3 Å². The molecule has 4 rings (SSSR count). The number of hydrogen-bond acceptors (Lipinski definition) is 4. The van der Waals surface area contributed by atoms with Gasteiger partial charge in [-0.25, -0.2) is 4.39 Å². The largest absolute Gasteiger partial charge is 0.423 e. The van der Waals surface area contributed by atoms with Crippen molar-refractivity contribution in [3.8, 4) is 0 Å². The zero-order valence-corrected chi connectivity index (χ0v) is 9.07. The van der Waals surface area contributed by atoms with Gasteiger partial charge in [0.15, 0.2) is 5.58 Å². The third-order valence-corrected chi connectivity index (χ3v) is 3.62. The van der Waals surface area contributed by atoms with Gasteiger partial charge in [-0.2, -0.15) is 4.98 Å². The Bertz CT molecular complexity index is 597. The monoisotopic (exact) mass is 234 g/mol. The number of anilines is 1. The molecule has 1 aromatic heterocycles. The highest BCUT2D eigenvalue weighted by atomic mass is 19.1. The molecule has 4 nitrogen and oxygen atoms in total. The molecule has 2 heterocycles. The standard InChI is InChI=1S/C12H11FN2O2/c13-8-1-2-9-10(3-8)17-11(14-9)15-12-4-7(12)5-16-6-12/h1-3,7H,4-6H2,(H,14,15)/t7-,12-/m0/s1. The Hall–Kier alpha value is -1.62. The predicted octanol–water partition coefficient (Wildman–Crippen LogP) is 2.17. The van der Waals surface area contributed by atoms with E-state index in [9.17, 15) is 4.39 Å². The number of nitrogens with zero attached hydrogens (tertiary/aromatic N) is 1. The average Bonchev–Trinajstić information content (AvgIpc) is 2.68. The summed E-state index contributed by atoms with van der Waals surface area (Å²) in [6, 6.07) is 4.80. The molecule has 1 aliphatic carbocycles. The van der Waals surface area contributed by atoms with Crippen LogP contribution in [0, 0.1) is 11.7 Å². The molecule has 1 aromatic carbocycles. The van der Waals surface area contributed by atoms with Gasteiger partial charge in [0.1, 0.15) is 11.3 Å². The Kier molecular flexibility index (Phi) is 1.65. The first kappa shape index (κ1) is 9.41. The van der Waals surface area contributed by atoms with Crippen molar-refractivity contribution in [2.45, 2.75) is 12.0 Å². The maximum Gasteiger partial charge on any atom is 0.296 e. The fourth-order valence-corrected chi connectivity index (χ4v) is 2.51. The number of nitrogens with one attached hydrogen (secondary N) is 1. The lowest BCUT2D eigenvalue weighted by Gasteiger charge is -2.10. The summed E-state index contributed by atoms with van der Waals surface area (Å²) in [4.78, 5) is 4.29. The van der Waals surface area contributed by atoms with Gasteiger partial charge >= 0.3 is 0 Å². The normalized spacial score (nSPS) is 30.5. The van der Waals surface area contributed by atoms with Crippen LogP contribution in [0.5, 0.6) is 0 Å². The van der Waals surface area contributed by atoms with Crippen molar-refractivity contribution in [3.63, 3.8) is 0 Å². The lowest BCUT2D eigenvalue weighted by atomic mass is 10.2. The lowest BCUT2D eigenvalue weighted by Crippen LogP contribution is -2.25. The van der Waals surface area contributed by atoms with Crippen molar-refractivity contribution in [3.05, 3.63) is 24.0 Å². The van der Waals surface area contributed by atoms with Crippen LogP contribution in [0.1, 0.15) is 6.42 Å². The zero-order chi connectivity index (χ0) is 11.5. The van der Waals surface area contributed by atoms with Gasteiger partial charge in [-0.3, -0.25) is 0 Å². The van der Waals surface area contributed by atoms with Crippen LogP contribution in [0.4, 0.5) is 10.4 Å². The molecule has 0 spiro atoms. The highest BCUT2D eigenvalue weighted by Gasteiger charge is 2.59. The van der Waals surface area contributed by atoms with Gasteiger partial charge in [0.2, 0.25) is 0 Å². The van der Waals surface area contributed by atoms with Gasteiger partial charge in [0.05, 0.1) is 18.8 Å². The molecule has 88 valence electrons. The molecular weight excluding hydrogens is 223 g/mol. The molecule has 1 saturated carbocycles. The van der Waals surface area contributed by atoms with Gasteiger partial charge in [0.25, 0.3) is 6.01 Å². The minimum Gasteiger partial charge on any atom is -0.423 e. The van der Waals surface area contributed by atoms with Crippen molar-refractivity contribution in [2.24, 2.45) is 5.92 Å². The average molecular weight is 234 g/mol. The molecule has 0 bridgehead atoms. The van der Waals surface area contributed by atoms with Crippen LogP contribution >= 0.6 is 0 Å². The smallest absolute Gasteiger partial charge is 0.296 e. The maximum atomic E-state index is 13.0. The highest BCUT2D eigenvalue weighted by molar-refractivity contribution is 5.74. The summed E-state index contributed by atoms with van der Waals surface area (Å²) in [5, 5.41) is 3.27. The van der Waals surface area contributed by atoms with Crippen LogP contribution in [0.3, 0.4) is 0 Å². The third kappa shape index (κ3) is 1.35. The number of oxazole rings is 1. The molecular formula is C12H11FN2O2. The number of benzene rings is 1. The molecule has 2 fully saturated rings. The molecule has 2 atom stereocenters. The Balaban J connectivity index is 1.68. The second-order valence-corrected chi connectivity index (χ2v) is 4.83. The molecule has 0 unspecified atom stereocenters. The summed E-state index contributed by atoms with van der Waals surface area (Å²) in [5.41, 5.74) is 1.15. The SMILES string of the molecule is Fc1ccc2nc(N[C@@]34COC[C@@H]3C4)oc2c1. The number of halogens is 1. The second-order valence-electron chi connectivity index (χ2n) is 4.83. The van der Waals surface area contributed by atoms with Crippen LogP contribution in [-0.4, -0.2) is 23.7 Å². The van der Waals surface area contributed by atoms with E-state index in [1.54, 1.807) is 6.07 Å². The molecule has 2 aliphatic rings. The summed E-state index contributed by atoms with van der Waals surface area (Å²) in [5.74, 6) is 0.251. The van der Waals surface area contributed by atoms with Crippen LogP contribution in [-0.2, 0) is 4.74 Å². The molecule has 0 amide bonds. The van der Waals surface area contributed by atoms with E-state index in [0.29, 0.717) is 29.6 Å². The Morgan fingerprint density at radius 1 is 1.47 bits per heavy atom. The molecule has 0 radical (unpaired) electrons. The third-order valence-electron chi connectivity index (χ3n) is 3.62. The van der Waals surface area contributed by atoms with Gasteiger partial charge < -0.3 is 14.5 Å². The quantitative estimate of drug-likeness (QED) is 0.865. The predicted molar refractivity (Wildman–Crippen MR) is 59.2 cm³/mol. The minimum atomic E-state index is -0.313. The first-order chi connectivity index (χ1) is 8.25. The molecule has 1 N–H and O–H groups in total. The lowest BCUT2D eigenvalue weighted by molar-refractivity contribution is 0.163. The van der Waals surface area contributed by atoms with Crippen LogP contribution in [0.25, 0.3) is 11.1 Å². The van der Waals surface area contributed by atoms with Crippen LogP contribution in [0.15, 0.2) is 22.6 Å². The van der Waals surface area contributed by atoms with Crippen LogP contribution < -0.4 is 5.32 Å². The van der Waals surface area contributed by atoms with Crippen molar-refractivity contribution in [2.75, 3.05) is 18.5 Å². The number of fused-ring (bicyclic) bond motifs is 2. The number of aromatic nitrogens is 1. The fourth-order valence-electron chi connectivity index (χ4n) is 2.51. The summed E-state index contributed by atoms with van der Waals surface area (Å²) < 4.78 is 23.9. The van der Waals surface area contributed by atoms with E-state index < -0.39 is 0 Å². The van der Waals surface area contributed by atoms with E-state index in [1.165, 1.54) is 12.1 Å². The minimum absolute atomic E-state index is 0.0133. The maximum absolute atomic E-state index is 13.0. The summed E-state index contributed by atoms with van der Waals surface area (Å²) in [7, 11) is 0. The van der Waals surface area contributed by atoms with E-state index in [-0.39, 0.29) is 11.4 Å². The van der Waals surface area contributed by atoms with E-state index in [4.69, 9.17) is 9.15 Å². The summed E-state index contributed by atoms with van der Waals surface area (Å²) in [6.07, 6.45) is 1.10. The number of hydrogen-bond donors (Lipinski definition) is 1. The van der Waals surface area contributed by atoms with Gasteiger partial charge in [-0.1, -0.05) is 0 Å². The zero-order valence-electron chi connectivity index (χ0n) is 9.07. The van der Waals surface area contributed by atoms with Crippen molar-refractivity contribution < 1.29 is 13.5 Å². The Morgan fingerprint density at radius 2 is 2.41 bits per heavy atom. The molecule has 17 heavy (non-hydrogen) atoms. The Morgan fingerprint density at radius 3 is 3.18 bits per heavy atom. The second kappa shape index (κ2) is 2.98. The van der Waals surface area contributed by atoms with Crippen LogP contribution in [0.2, 0.25) is 0 Å². The number of ether oxygens (including phenoxy) is 1. The van der Waals surface area contributed by atoms with Crippen molar-refractivity contribution >= 4 is 17.1 Å². The molecule has 1 aliphatic heterocycles. The fraction of sp³-hybridized carbons (Fsp3) is 0.417. The Labute approximate surface area is 96.8 Å². The summed E-state index contributed by atoms with van der Waals surface area (Å²) >= 11 is 0. The van der Waals surface area contributed by atoms with Crippen molar-refractivity contribution in [1.29, 1.82) is 0 Å². The molecule has 1 saturated heterocycles. The number of rotatable bonds is 2. The summed E-state index contributed by atoms with van der Waals surface area (Å²) in [6.45, 7) is 1.51. The van der Waals surface area contributed by atoms with Gasteiger partial charge in [-0.15, -0.1) is 0 Å². The van der Waals surface area contributed by atoms with E-state index in [0.717, 1.165) is 13.0 Å². The van der Waals surface area contributed by atoms with Crippen molar-refractivity contribution in [1.82, 2.24) is 4.98 Å². The molecule has 5 heteroatoms. The highest BCUT2D eigenvalue weighted by Crippen LogP contribution is 2.50. The first-order valence-electron chi connectivity index (χ1n) is 5.67. The molecule has 2 aromatic rings. The van der Waals surface area contributed by atoms with Gasteiger partial charge in [-0.05, 0) is 18.6 Å². The topological polar surface area (TPSA) is 47.3 Å². The van der Waals surface area contributed by atoms with E-state index >= 15 is 0 Å². The van der Waals surface area contributed by atoms with Gasteiger partial charge in [0, 0.05) is 12.0 Å². The van der Waals surface area contributed by atoms with E-state index in [1.807, 2.05) is 0 Å². The first-order valence-corrected chi connectivity index (χ1v) is 5.67.